The van der Waals surface area contributed by atoms with E-state index in [1.54, 1.807) is 19.1 Å². The van der Waals surface area contributed by atoms with Crippen molar-refractivity contribution in [2.75, 3.05) is 0 Å². The SMILES string of the molecule is Cc1ccc(C=O)c(Cl)c1O. The molecular weight excluding hydrogens is 164 g/mol. The monoisotopic (exact) mass is 170 g/mol. The summed E-state index contributed by atoms with van der Waals surface area (Å²) in [6.07, 6.45) is 0.613. The van der Waals surface area contributed by atoms with Gasteiger partial charge in [0, 0.05) is 5.56 Å². The molecule has 0 heterocycles. The van der Waals surface area contributed by atoms with E-state index in [0.717, 1.165) is 0 Å². The van der Waals surface area contributed by atoms with Crippen LogP contribution in [0.25, 0.3) is 0 Å². The van der Waals surface area contributed by atoms with Crippen LogP contribution in [-0.2, 0) is 0 Å². The number of phenols is 1. The summed E-state index contributed by atoms with van der Waals surface area (Å²) >= 11 is 5.62. The van der Waals surface area contributed by atoms with Crippen LogP contribution in [0.5, 0.6) is 5.75 Å². The number of carbonyl (C=O) groups is 1. The highest BCUT2D eigenvalue weighted by Gasteiger charge is 2.05. The maximum atomic E-state index is 10.3. The zero-order chi connectivity index (χ0) is 8.43. The molecule has 0 saturated heterocycles. The number of carbonyl (C=O) groups excluding carboxylic acids is 1. The van der Waals surface area contributed by atoms with Gasteiger partial charge in [-0.1, -0.05) is 17.7 Å². The van der Waals surface area contributed by atoms with E-state index in [0.29, 0.717) is 17.4 Å². The predicted molar refractivity (Wildman–Crippen MR) is 43.2 cm³/mol. The van der Waals surface area contributed by atoms with Crippen molar-refractivity contribution in [3.63, 3.8) is 0 Å². The molecule has 1 rings (SSSR count). The summed E-state index contributed by atoms with van der Waals surface area (Å²) in [5.74, 6) is -0.0173. The van der Waals surface area contributed by atoms with Crippen molar-refractivity contribution in [2.45, 2.75) is 6.92 Å². The van der Waals surface area contributed by atoms with Crippen molar-refractivity contribution in [1.29, 1.82) is 0 Å². The van der Waals surface area contributed by atoms with Crippen LogP contribution in [0.4, 0.5) is 0 Å². The van der Waals surface area contributed by atoms with Gasteiger partial charge in [-0.05, 0) is 18.6 Å². The Balaban J connectivity index is 3.36. The number of hydrogen-bond acceptors (Lipinski definition) is 2. The van der Waals surface area contributed by atoms with Crippen LogP contribution in [-0.4, -0.2) is 11.4 Å². The van der Waals surface area contributed by atoms with E-state index in [1.165, 1.54) is 0 Å². The fourth-order valence-electron chi connectivity index (χ4n) is 0.768. The summed E-state index contributed by atoms with van der Waals surface area (Å²) in [7, 11) is 0. The molecule has 3 heteroatoms. The van der Waals surface area contributed by atoms with E-state index in [4.69, 9.17) is 11.6 Å². The molecule has 0 unspecified atom stereocenters. The molecule has 2 nitrogen and oxygen atoms in total. The molecule has 0 aromatic heterocycles. The number of rotatable bonds is 1. The molecule has 0 aliphatic rings. The Morgan fingerprint density at radius 2 is 2.18 bits per heavy atom. The summed E-state index contributed by atoms with van der Waals surface area (Å²) in [4.78, 5) is 10.3. The highest BCUT2D eigenvalue weighted by atomic mass is 35.5. The van der Waals surface area contributed by atoms with Crippen molar-refractivity contribution in [2.24, 2.45) is 0 Å². The van der Waals surface area contributed by atoms with Crippen LogP contribution >= 0.6 is 11.6 Å². The summed E-state index contributed by atoms with van der Waals surface area (Å²) in [6.45, 7) is 1.72. The number of benzene rings is 1. The van der Waals surface area contributed by atoms with Crippen LogP contribution in [0, 0.1) is 6.92 Å². The highest BCUT2D eigenvalue weighted by molar-refractivity contribution is 6.34. The van der Waals surface area contributed by atoms with E-state index in [1.807, 2.05) is 0 Å². The lowest BCUT2D eigenvalue weighted by molar-refractivity contribution is 0.112. The minimum atomic E-state index is -0.0173. The summed E-state index contributed by atoms with van der Waals surface area (Å²) < 4.78 is 0. The second kappa shape index (κ2) is 2.93. The molecule has 58 valence electrons. The van der Waals surface area contributed by atoms with Crippen molar-refractivity contribution < 1.29 is 9.90 Å². The van der Waals surface area contributed by atoms with E-state index in [2.05, 4.69) is 0 Å². The largest absolute Gasteiger partial charge is 0.506 e. The van der Waals surface area contributed by atoms with Gasteiger partial charge in [0.2, 0.25) is 0 Å². The van der Waals surface area contributed by atoms with Crippen molar-refractivity contribution in [1.82, 2.24) is 0 Å². The van der Waals surface area contributed by atoms with Crippen LogP contribution in [0.2, 0.25) is 5.02 Å². The number of phenolic OH excluding ortho intramolecular Hbond substituents is 1. The van der Waals surface area contributed by atoms with E-state index in [-0.39, 0.29) is 10.8 Å². The average molecular weight is 171 g/mol. The Morgan fingerprint density at radius 1 is 1.55 bits per heavy atom. The second-order valence-electron chi connectivity index (χ2n) is 2.25. The van der Waals surface area contributed by atoms with Gasteiger partial charge in [0.25, 0.3) is 0 Å². The molecule has 0 atom stereocenters. The molecule has 1 N–H and O–H groups in total. The van der Waals surface area contributed by atoms with Gasteiger partial charge in [-0.2, -0.15) is 0 Å². The number of aromatic hydroxyl groups is 1. The van der Waals surface area contributed by atoms with Crippen LogP contribution < -0.4 is 0 Å². The standard InChI is InChI=1S/C8H7ClO2/c1-5-2-3-6(4-10)7(9)8(5)11/h2-4,11H,1H3. The summed E-state index contributed by atoms with van der Waals surface area (Å²) in [6, 6.07) is 3.22. The minimum absolute atomic E-state index is 0.0173. The molecule has 11 heavy (non-hydrogen) atoms. The van der Waals surface area contributed by atoms with Gasteiger partial charge in [-0.15, -0.1) is 0 Å². The number of hydrogen-bond donors (Lipinski definition) is 1. The molecule has 0 aliphatic heterocycles. The van der Waals surface area contributed by atoms with E-state index in [9.17, 15) is 9.90 Å². The Kier molecular flexibility index (Phi) is 2.15. The first kappa shape index (κ1) is 8.08. The van der Waals surface area contributed by atoms with Crippen LogP contribution in [0.1, 0.15) is 15.9 Å². The van der Waals surface area contributed by atoms with Gasteiger partial charge >= 0.3 is 0 Å². The fraction of sp³-hybridized carbons (Fsp3) is 0.125. The van der Waals surface area contributed by atoms with Gasteiger partial charge in [0.1, 0.15) is 5.75 Å². The Morgan fingerprint density at radius 3 is 2.73 bits per heavy atom. The Labute approximate surface area is 69.4 Å². The van der Waals surface area contributed by atoms with Gasteiger partial charge in [0.05, 0.1) is 5.02 Å². The normalized spacial score (nSPS) is 9.64. The molecule has 0 fully saturated rings. The smallest absolute Gasteiger partial charge is 0.151 e. The minimum Gasteiger partial charge on any atom is -0.506 e. The second-order valence-corrected chi connectivity index (χ2v) is 2.63. The van der Waals surface area contributed by atoms with Crippen molar-refractivity contribution in [3.05, 3.63) is 28.3 Å². The predicted octanol–water partition coefficient (Wildman–Crippen LogP) is 2.17. The first-order valence-electron chi connectivity index (χ1n) is 3.10. The lowest BCUT2D eigenvalue weighted by atomic mass is 10.1. The number of aldehydes is 1. The van der Waals surface area contributed by atoms with E-state index >= 15 is 0 Å². The first-order chi connectivity index (χ1) is 5.16. The van der Waals surface area contributed by atoms with Crippen LogP contribution in [0.3, 0.4) is 0 Å². The summed E-state index contributed by atoms with van der Waals surface area (Å²) in [5, 5.41) is 9.35. The third-order valence-corrected chi connectivity index (χ3v) is 1.87. The first-order valence-corrected chi connectivity index (χ1v) is 3.48. The third kappa shape index (κ3) is 1.35. The molecule has 0 spiro atoms. The molecule has 0 amide bonds. The topological polar surface area (TPSA) is 37.3 Å². The molecular formula is C8H7ClO2. The van der Waals surface area contributed by atoms with Gasteiger partial charge < -0.3 is 5.11 Å². The third-order valence-electron chi connectivity index (χ3n) is 1.47. The average Bonchev–Trinajstić information content (AvgIpc) is 2.01. The maximum Gasteiger partial charge on any atom is 0.151 e. The quantitative estimate of drug-likeness (QED) is 0.656. The van der Waals surface area contributed by atoms with Crippen molar-refractivity contribution >= 4 is 17.9 Å². The van der Waals surface area contributed by atoms with Gasteiger partial charge in [0.15, 0.2) is 6.29 Å². The molecule has 1 aromatic rings. The maximum absolute atomic E-state index is 10.3. The number of aryl methyl sites for hydroxylation is 1. The molecule has 0 bridgehead atoms. The Bertz CT molecular complexity index is 294. The molecule has 0 radical (unpaired) electrons. The van der Waals surface area contributed by atoms with Gasteiger partial charge in [-0.25, -0.2) is 0 Å². The molecule has 0 saturated carbocycles. The van der Waals surface area contributed by atoms with Crippen molar-refractivity contribution in [3.8, 4) is 5.75 Å². The Hall–Kier alpha value is -1.02. The summed E-state index contributed by atoms with van der Waals surface area (Å²) in [5.41, 5.74) is 0.982. The highest BCUT2D eigenvalue weighted by Crippen LogP contribution is 2.29. The van der Waals surface area contributed by atoms with E-state index < -0.39 is 0 Å². The molecule has 0 aliphatic carbocycles. The zero-order valence-electron chi connectivity index (χ0n) is 5.97. The van der Waals surface area contributed by atoms with Gasteiger partial charge in [-0.3, -0.25) is 4.79 Å². The zero-order valence-corrected chi connectivity index (χ0v) is 6.72. The molecule has 1 aromatic carbocycles. The fourth-order valence-corrected chi connectivity index (χ4v) is 1.02. The van der Waals surface area contributed by atoms with Crippen LogP contribution in [0.15, 0.2) is 12.1 Å². The number of halogens is 1. The lowest BCUT2D eigenvalue weighted by Crippen LogP contribution is -1.84. The lowest BCUT2D eigenvalue weighted by Gasteiger charge is -2.01.